The second-order valence-electron chi connectivity index (χ2n) is 4.83. The first-order chi connectivity index (χ1) is 7.40. The molecule has 2 fully saturated rings. The highest BCUT2D eigenvalue weighted by molar-refractivity contribution is 7.99. The Morgan fingerprint density at radius 1 is 1.20 bits per heavy atom. The summed E-state index contributed by atoms with van der Waals surface area (Å²) in [4.78, 5) is 0. The van der Waals surface area contributed by atoms with Gasteiger partial charge in [0.15, 0.2) is 0 Å². The van der Waals surface area contributed by atoms with E-state index >= 15 is 0 Å². The van der Waals surface area contributed by atoms with Gasteiger partial charge in [0.25, 0.3) is 0 Å². The Morgan fingerprint density at radius 3 is 2.60 bits per heavy atom. The van der Waals surface area contributed by atoms with Gasteiger partial charge in [-0.1, -0.05) is 30.9 Å². The lowest BCUT2D eigenvalue weighted by Crippen LogP contribution is -2.12. The molecule has 0 N–H and O–H groups in total. The van der Waals surface area contributed by atoms with Gasteiger partial charge in [0, 0.05) is 5.88 Å². The average molecular weight is 245 g/mol. The molecule has 1 saturated carbocycles. The minimum atomic E-state index is 0.770. The molecule has 0 bridgehead atoms. The van der Waals surface area contributed by atoms with Crippen LogP contribution in [-0.4, -0.2) is 17.4 Å². The lowest BCUT2D eigenvalue weighted by Gasteiger charge is -2.24. The Morgan fingerprint density at radius 2 is 2.00 bits per heavy atom. The van der Waals surface area contributed by atoms with E-state index in [1.807, 2.05) is 0 Å². The normalized spacial score (nSPS) is 29.7. The van der Waals surface area contributed by atoms with Crippen LogP contribution in [0.5, 0.6) is 0 Å². The molecule has 0 radical (unpaired) electrons. The lowest BCUT2D eigenvalue weighted by atomic mass is 9.83. The van der Waals surface area contributed by atoms with Crippen LogP contribution >= 0.6 is 23.4 Å². The Kier molecular flexibility index (Phi) is 4.90. The van der Waals surface area contributed by atoms with Gasteiger partial charge in [-0.05, 0) is 42.6 Å². The molecule has 0 aromatic carbocycles. The topological polar surface area (TPSA) is 0 Å². The summed E-state index contributed by atoms with van der Waals surface area (Å²) in [5, 5.41) is 0. The van der Waals surface area contributed by atoms with E-state index in [1.54, 1.807) is 5.57 Å². The van der Waals surface area contributed by atoms with Gasteiger partial charge < -0.3 is 0 Å². The zero-order chi connectivity index (χ0) is 10.5. The van der Waals surface area contributed by atoms with Gasteiger partial charge in [-0.3, -0.25) is 0 Å². The van der Waals surface area contributed by atoms with E-state index in [0.29, 0.717) is 0 Å². The number of halogens is 1. The van der Waals surface area contributed by atoms with Gasteiger partial charge in [-0.15, -0.1) is 11.6 Å². The minimum Gasteiger partial charge on any atom is -0.161 e. The van der Waals surface area contributed by atoms with Crippen LogP contribution in [0.2, 0.25) is 0 Å². The highest BCUT2D eigenvalue weighted by Crippen LogP contribution is 2.33. The maximum absolute atomic E-state index is 6.10. The number of thioether (sulfide) groups is 1. The molecule has 0 amide bonds. The molecule has 0 nitrogen and oxygen atoms in total. The van der Waals surface area contributed by atoms with Crippen LogP contribution in [-0.2, 0) is 0 Å². The number of allylic oxidation sites excluding steroid dienone is 2. The lowest BCUT2D eigenvalue weighted by molar-refractivity contribution is 0.401. The minimum absolute atomic E-state index is 0.770. The van der Waals surface area contributed by atoms with E-state index in [4.69, 9.17) is 11.6 Å². The Hall–Kier alpha value is 0.380. The summed E-state index contributed by atoms with van der Waals surface area (Å²) in [6, 6.07) is 0. The van der Waals surface area contributed by atoms with Gasteiger partial charge in [-0.25, -0.2) is 0 Å². The van der Waals surface area contributed by atoms with Crippen molar-refractivity contribution in [3.05, 3.63) is 11.6 Å². The third-order valence-electron chi connectivity index (χ3n) is 3.70. The van der Waals surface area contributed by atoms with Crippen LogP contribution in [0.15, 0.2) is 11.6 Å². The molecular weight excluding hydrogens is 224 g/mol. The molecule has 86 valence electrons. The van der Waals surface area contributed by atoms with Gasteiger partial charge in [0.2, 0.25) is 0 Å². The van der Waals surface area contributed by atoms with Crippen LogP contribution in [0, 0.1) is 11.8 Å². The largest absolute Gasteiger partial charge is 0.161 e. The zero-order valence-corrected chi connectivity index (χ0v) is 11.0. The van der Waals surface area contributed by atoms with Crippen molar-refractivity contribution in [2.75, 3.05) is 17.4 Å². The third kappa shape index (κ3) is 3.42. The first kappa shape index (κ1) is 11.9. The summed E-state index contributed by atoms with van der Waals surface area (Å²) in [5.74, 6) is 5.09. The van der Waals surface area contributed by atoms with Gasteiger partial charge in [-0.2, -0.15) is 11.8 Å². The SMILES string of the molecule is ClC/C(=C/C1CCSC1)C1CCCCC1. The summed E-state index contributed by atoms with van der Waals surface area (Å²) >= 11 is 8.20. The van der Waals surface area contributed by atoms with Crippen molar-refractivity contribution in [3.8, 4) is 0 Å². The summed E-state index contributed by atoms with van der Waals surface area (Å²) in [7, 11) is 0. The molecular formula is C13H21ClS. The fourth-order valence-corrected chi connectivity index (χ4v) is 4.26. The molecule has 1 saturated heterocycles. The third-order valence-corrected chi connectivity index (χ3v) is 5.20. The quantitative estimate of drug-likeness (QED) is 0.521. The molecule has 0 aromatic rings. The van der Waals surface area contributed by atoms with Crippen molar-refractivity contribution < 1.29 is 0 Å². The molecule has 1 heterocycles. The first-order valence-electron chi connectivity index (χ1n) is 6.24. The van der Waals surface area contributed by atoms with Crippen LogP contribution < -0.4 is 0 Å². The second-order valence-corrected chi connectivity index (χ2v) is 6.25. The molecule has 0 spiro atoms. The maximum Gasteiger partial charge on any atom is 0.0436 e. The second kappa shape index (κ2) is 6.20. The number of hydrogen-bond acceptors (Lipinski definition) is 1. The number of alkyl halides is 1. The zero-order valence-electron chi connectivity index (χ0n) is 9.38. The Bertz CT molecular complexity index is 213. The fourth-order valence-electron chi connectivity index (χ4n) is 2.75. The summed E-state index contributed by atoms with van der Waals surface area (Å²) in [6.07, 6.45) is 10.9. The van der Waals surface area contributed by atoms with Gasteiger partial charge in [0.1, 0.15) is 0 Å². The average Bonchev–Trinajstić information content (AvgIpc) is 2.80. The highest BCUT2D eigenvalue weighted by atomic mass is 35.5. The van der Waals surface area contributed by atoms with E-state index in [0.717, 1.165) is 17.7 Å². The van der Waals surface area contributed by atoms with E-state index in [2.05, 4.69) is 17.8 Å². The number of rotatable bonds is 3. The van der Waals surface area contributed by atoms with Crippen LogP contribution in [0.1, 0.15) is 38.5 Å². The van der Waals surface area contributed by atoms with Crippen molar-refractivity contribution in [1.29, 1.82) is 0 Å². The predicted molar refractivity (Wildman–Crippen MR) is 70.8 cm³/mol. The molecule has 15 heavy (non-hydrogen) atoms. The van der Waals surface area contributed by atoms with Gasteiger partial charge >= 0.3 is 0 Å². The number of hydrogen-bond donors (Lipinski definition) is 0. The smallest absolute Gasteiger partial charge is 0.0436 e. The molecule has 1 atom stereocenters. The van der Waals surface area contributed by atoms with Crippen molar-refractivity contribution in [3.63, 3.8) is 0 Å². The molecule has 0 aromatic heterocycles. The summed E-state index contributed by atoms with van der Waals surface area (Å²) < 4.78 is 0. The van der Waals surface area contributed by atoms with E-state index in [1.165, 1.54) is 50.0 Å². The van der Waals surface area contributed by atoms with Crippen LogP contribution in [0.4, 0.5) is 0 Å². The molecule has 1 unspecified atom stereocenters. The molecule has 2 rings (SSSR count). The van der Waals surface area contributed by atoms with Crippen molar-refractivity contribution in [2.24, 2.45) is 11.8 Å². The standard InChI is InChI=1S/C13H21ClS/c14-9-13(8-11-6-7-15-10-11)12-4-2-1-3-5-12/h8,11-12H,1-7,9-10H2/b13-8-. The predicted octanol–water partition coefficient (Wildman–Crippen LogP) is 4.49. The van der Waals surface area contributed by atoms with E-state index in [9.17, 15) is 0 Å². The van der Waals surface area contributed by atoms with E-state index < -0.39 is 0 Å². The summed E-state index contributed by atoms with van der Waals surface area (Å²) in [5.41, 5.74) is 1.56. The Labute approximate surface area is 103 Å². The van der Waals surface area contributed by atoms with Crippen LogP contribution in [0.3, 0.4) is 0 Å². The van der Waals surface area contributed by atoms with Crippen molar-refractivity contribution in [2.45, 2.75) is 38.5 Å². The molecule has 1 aliphatic carbocycles. The Balaban J connectivity index is 1.94. The molecule has 2 aliphatic rings. The molecule has 2 heteroatoms. The highest BCUT2D eigenvalue weighted by Gasteiger charge is 2.20. The fraction of sp³-hybridized carbons (Fsp3) is 0.846. The van der Waals surface area contributed by atoms with E-state index in [-0.39, 0.29) is 0 Å². The first-order valence-corrected chi connectivity index (χ1v) is 7.93. The monoisotopic (exact) mass is 244 g/mol. The molecule has 1 aliphatic heterocycles. The van der Waals surface area contributed by atoms with Crippen molar-refractivity contribution >= 4 is 23.4 Å². The van der Waals surface area contributed by atoms with Crippen molar-refractivity contribution in [1.82, 2.24) is 0 Å². The van der Waals surface area contributed by atoms with Crippen LogP contribution in [0.25, 0.3) is 0 Å². The maximum atomic E-state index is 6.10. The summed E-state index contributed by atoms with van der Waals surface area (Å²) in [6.45, 7) is 0. The van der Waals surface area contributed by atoms with Gasteiger partial charge in [0.05, 0.1) is 0 Å².